The summed E-state index contributed by atoms with van der Waals surface area (Å²) in [6.07, 6.45) is 8.31. The maximum absolute atomic E-state index is 14.7. The molecule has 0 spiro atoms. The monoisotopic (exact) mass is 510 g/mol. The van der Waals surface area contributed by atoms with E-state index in [9.17, 15) is 22.0 Å². The summed E-state index contributed by atoms with van der Waals surface area (Å²) in [4.78, 5) is 8.69. The van der Waals surface area contributed by atoms with Gasteiger partial charge in [0, 0.05) is 35.2 Å². The van der Waals surface area contributed by atoms with E-state index in [0.717, 1.165) is 30.7 Å². The van der Waals surface area contributed by atoms with Gasteiger partial charge in [0.1, 0.15) is 11.6 Å². The molecular weight excluding hydrogens is 483 g/mol. The van der Waals surface area contributed by atoms with E-state index in [-0.39, 0.29) is 10.8 Å². The van der Waals surface area contributed by atoms with Gasteiger partial charge in [-0.1, -0.05) is 62.5 Å². The van der Waals surface area contributed by atoms with Gasteiger partial charge in [-0.2, -0.15) is 13.2 Å². The number of aromatic nitrogens is 2. The van der Waals surface area contributed by atoms with Crippen LogP contribution in [0.3, 0.4) is 0 Å². The molecule has 0 bridgehead atoms. The molecule has 1 aliphatic rings. The van der Waals surface area contributed by atoms with Gasteiger partial charge in [-0.15, -0.1) is 0 Å². The molecule has 2 nitrogen and oxygen atoms in total. The maximum atomic E-state index is 14.7. The topological polar surface area (TPSA) is 25.8 Å². The molecule has 0 aliphatic heterocycles. The Morgan fingerprint density at radius 2 is 1.68 bits per heavy atom. The second kappa shape index (κ2) is 11.7. The number of nitrogens with zero attached hydrogens (tertiary/aromatic N) is 2. The van der Waals surface area contributed by atoms with E-state index in [1.54, 1.807) is 18.3 Å². The van der Waals surface area contributed by atoms with Crippen molar-refractivity contribution in [2.75, 3.05) is 0 Å². The predicted octanol–water partition coefficient (Wildman–Crippen LogP) is 8.23. The molecule has 0 atom stereocenters. The van der Waals surface area contributed by atoms with Gasteiger partial charge < -0.3 is 0 Å². The van der Waals surface area contributed by atoms with Gasteiger partial charge in [-0.25, -0.2) is 18.7 Å². The summed E-state index contributed by atoms with van der Waals surface area (Å²) in [5, 5.41) is 0.127. The van der Waals surface area contributed by atoms with Crippen molar-refractivity contribution in [1.29, 1.82) is 0 Å². The van der Waals surface area contributed by atoms with Gasteiger partial charge in [0.2, 0.25) is 0 Å². The Balaban J connectivity index is 1.45. The lowest BCUT2D eigenvalue weighted by Gasteiger charge is -2.25. The lowest BCUT2D eigenvalue weighted by Crippen LogP contribution is -2.13. The molecule has 0 amide bonds. The van der Waals surface area contributed by atoms with Crippen molar-refractivity contribution in [3.8, 4) is 35.1 Å². The number of fused-ring (bicyclic) bond motifs is 1. The summed E-state index contributed by atoms with van der Waals surface area (Å²) in [7, 11) is 0. The highest BCUT2D eigenvalue weighted by Gasteiger charge is 2.24. The van der Waals surface area contributed by atoms with Crippen molar-refractivity contribution in [1.82, 2.24) is 9.97 Å². The van der Waals surface area contributed by atoms with E-state index in [0.29, 0.717) is 22.9 Å². The van der Waals surface area contributed by atoms with E-state index < -0.39 is 23.4 Å². The smallest absolute Gasteiger partial charge is 0.235 e. The zero-order chi connectivity index (χ0) is 26.4. The third-order valence-corrected chi connectivity index (χ3v) is 6.75. The van der Waals surface area contributed by atoms with Crippen molar-refractivity contribution >= 4 is 10.8 Å². The molecule has 1 heterocycles. The quantitative estimate of drug-likeness (QED) is 0.196. The van der Waals surface area contributed by atoms with Crippen LogP contribution in [0.1, 0.15) is 69.4 Å². The van der Waals surface area contributed by atoms with Crippen LogP contribution in [0.15, 0.2) is 36.7 Å². The molecule has 0 N–H and O–H groups in total. The minimum Gasteiger partial charge on any atom is -0.235 e. The van der Waals surface area contributed by atoms with Crippen molar-refractivity contribution in [2.24, 2.45) is 11.8 Å². The van der Waals surface area contributed by atoms with Crippen molar-refractivity contribution < 1.29 is 22.0 Å². The molecule has 0 saturated heterocycles. The minimum atomic E-state index is -4.85. The van der Waals surface area contributed by atoms with Crippen LogP contribution in [0.5, 0.6) is 0 Å². The standard InChI is InChI=1S/C30H27F5N2/c1-2-3-4-5-20-6-8-21(9-7-20)10-11-22-18-36-29(37-19-22)23-12-13-25-24(16-23)17-27(31)26(28(25)32)14-15-30(33,34)35/h12-13,16-21H,2-9H2,1H3. The third kappa shape index (κ3) is 7.07. The number of hydrogen-bond acceptors (Lipinski definition) is 2. The van der Waals surface area contributed by atoms with Gasteiger partial charge >= 0.3 is 6.18 Å². The van der Waals surface area contributed by atoms with E-state index in [1.807, 2.05) is 0 Å². The summed E-state index contributed by atoms with van der Waals surface area (Å²) < 4.78 is 66.0. The van der Waals surface area contributed by atoms with E-state index in [1.165, 1.54) is 56.7 Å². The molecule has 192 valence electrons. The van der Waals surface area contributed by atoms with Gasteiger partial charge in [0.25, 0.3) is 0 Å². The number of alkyl halides is 3. The average molecular weight is 511 g/mol. The number of hydrogen-bond donors (Lipinski definition) is 0. The first kappa shape index (κ1) is 26.6. The Morgan fingerprint density at radius 3 is 2.35 bits per heavy atom. The predicted molar refractivity (Wildman–Crippen MR) is 134 cm³/mol. The first-order valence-corrected chi connectivity index (χ1v) is 12.6. The Hall–Kier alpha value is -3.45. The fourth-order valence-corrected chi connectivity index (χ4v) is 4.72. The lowest BCUT2D eigenvalue weighted by atomic mass is 9.80. The molecule has 1 aliphatic carbocycles. The fraction of sp³-hybridized carbons (Fsp3) is 0.400. The van der Waals surface area contributed by atoms with E-state index in [2.05, 4.69) is 28.7 Å². The molecule has 37 heavy (non-hydrogen) atoms. The normalized spacial score (nSPS) is 17.6. The van der Waals surface area contributed by atoms with Crippen molar-refractivity contribution in [3.63, 3.8) is 0 Å². The van der Waals surface area contributed by atoms with Crippen LogP contribution >= 0.6 is 0 Å². The highest BCUT2D eigenvalue weighted by molar-refractivity contribution is 5.88. The number of halogens is 5. The first-order valence-electron chi connectivity index (χ1n) is 12.6. The number of rotatable bonds is 5. The first-order chi connectivity index (χ1) is 17.7. The molecule has 3 aromatic rings. The molecule has 7 heteroatoms. The highest BCUT2D eigenvalue weighted by Crippen LogP contribution is 2.32. The molecule has 0 unspecified atom stereocenters. The Bertz CT molecular complexity index is 1360. The highest BCUT2D eigenvalue weighted by atomic mass is 19.4. The zero-order valence-electron chi connectivity index (χ0n) is 20.6. The van der Waals surface area contributed by atoms with Gasteiger partial charge in [-0.05, 0) is 49.1 Å². The van der Waals surface area contributed by atoms with Gasteiger partial charge in [0.15, 0.2) is 5.82 Å². The zero-order valence-corrected chi connectivity index (χ0v) is 20.6. The summed E-state index contributed by atoms with van der Waals surface area (Å²) >= 11 is 0. The van der Waals surface area contributed by atoms with E-state index in [4.69, 9.17) is 0 Å². The maximum Gasteiger partial charge on any atom is 0.458 e. The minimum absolute atomic E-state index is 0.0424. The molecule has 1 saturated carbocycles. The van der Waals surface area contributed by atoms with Crippen LogP contribution in [0.4, 0.5) is 22.0 Å². The second-order valence-corrected chi connectivity index (χ2v) is 9.51. The molecule has 0 radical (unpaired) electrons. The Morgan fingerprint density at radius 1 is 0.946 bits per heavy atom. The molecule has 1 fully saturated rings. The fourth-order valence-electron chi connectivity index (χ4n) is 4.72. The average Bonchev–Trinajstić information content (AvgIpc) is 2.87. The van der Waals surface area contributed by atoms with Gasteiger partial charge in [-0.3, -0.25) is 0 Å². The van der Waals surface area contributed by atoms with Gasteiger partial charge in [0.05, 0.1) is 11.1 Å². The summed E-state index contributed by atoms with van der Waals surface area (Å²) in [5.74, 6) is 8.24. The summed E-state index contributed by atoms with van der Waals surface area (Å²) in [5.41, 5.74) is 0.294. The van der Waals surface area contributed by atoms with Crippen molar-refractivity contribution in [2.45, 2.75) is 64.5 Å². The van der Waals surface area contributed by atoms with E-state index >= 15 is 0 Å². The van der Waals surface area contributed by atoms with Crippen LogP contribution < -0.4 is 0 Å². The third-order valence-electron chi connectivity index (χ3n) is 6.75. The van der Waals surface area contributed by atoms with Crippen LogP contribution in [0.25, 0.3) is 22.2 Å². The van der Waals surface area contributed by atoms with Crippen LogP contribution in [-0.2, 0) is 0 Å². The molecule has 2 aromatic carbocycles. The summed E-state index contributed by atoms with van der Waals surface area (Å²) in [6, 6.07) is 5.33. The van der Waals surface area contributed by atoms with Crippen LogP contribution in [0, 0.1) is 47.2 Å². The molecule has 4 rings (SSSR count). The largest absolute Gasteiger partial charge is 0.458 e. The Kier molecular flexibility index (Phi) is 8.44. The summed E-state index contributed by atoms with van der Waals surface area (Å²) in [6.45, 7) is 2.23. The van der Waals surface area contributed by atoms with Crippen LogP contribution in [-0.4, -0.2) is 16.1 Å². The lowest BCUT2D eigenvalue weighted by molar-refractivity contribution is -0.0696. The number of benzene rings is 2. The Labute approximate surface area is 213 Å². The number of unbranched alkanes of at least 4 members (excludes halogenated alkanes) is 2. The van der Waals surface area contributed by atoms with Crippen LogP contribution in [0.2, 0.25) is 0 Å². The van der Waals surface area contributed by atoms with Crippen molar-refractivity contribution in [3.05, 3.63) is 59.4 Å². The SMILES string of the molecule is CCCCCC1CCC(C#Cc2cnc(-c3ccc4c(F)c(C#CC(F)(F)F)c(F)cc4c3)nc2)CC1. The molecule has 1 aromatic heterocycles. The molecular formula is C30H27F5N2. The second-order valence-electron chi connectivity index (χ2n) is 9.51.